The minimum Gasteiger partial charge on any atom is -0.459 e. The van der Waals surface area contributed by atoms with Crippen LogP contribution in [0.3, 0.4) is 0 Å². The number of nitrogens with zero attached hydrogens (tertiary/aromatic N) is 3. The second-order valence-corrected chi connectivity index (χ2v) is 9.42. The van der Waals surface area contributed by atoms with Gasteiger partial charge in [0.15, 0.2) is 5.16 Å². The van der Waals surface area contributed by atoms with Crippen LogP contribution >= 0.6 is 23.5 Å². The summed E-state index contributed by atoms with van der Waals surface area (Å²) in [4.78, 5) is 25.4. The quantitative estimate of drug-likeness (QED) is 0.358. The standard InChI is InChI=1S/C23H26N4O3S2/c1-15(2)30-22(29)17-7-9-18(10-8-17)24-21(28)14-32-23-26-25-20(27(23)4)13-31-19-11-5-16(3)6-12-19/h5-12,15H,13-14H2,1-4H3,(H,24,28). The van der Waals surface area contributed by atoms with Crippen LogP contribution in [0, 0.1) is 6.92 Å². The van der Waals surface area contributed by atoms with Crippen molar-refractivity contribution < 1.29 is 14.3 Å². The molecule has 0 aliphatic rings. The van der Waals surface area contributed by atoms with E-state index in [2.05, 4.69) is 46.7 Å². The Morgan fingerprint density at radius 1 is 1.03 bits per heavy atom. The summed E-state index contributed by atoms with van der Waals surface area (Å²) in [5.41, 5.74) is 2.29. The third kappa shape index (κ3) is 6.86. The number of amides is 1. The smallest absolute Gasteiger partial charge is 0.338 e. The average molecular weight is 471 g/mol. The Morgan fingerprint density at radius 2 is 1.72 bits per heavy atom. The number of aryl methyl sites for hydroxylation is 1. The molecule has 0 aliphatic carbocycles. The van der Waals surface area contributed by atoms with E-state index >= 15 is 0 Å². The van der Waals surface area contributed by atoms with Gasteiger partial charge in [0.05, 0.1) is 23.2 Å². The van der Waals surface area contributed by atoms with Gasteiger partial charge in [-0.15, -0.1) is 22.0 Å². The lowest BCUT2D eigenvalue weighted by Gasteiger charge is -2.09. The highest BCUT2D eigenvalue weighted by molar-refractivity contribution is 7.99. The van der Waals surface area contributed by atoms with Crippen molar-refractivity contribution in [1.82, 2.24) is 14.8 Å². The maximum Gasteiger partial charge on any atom is 0.338 e. The minimum absolute atomic E-state index is 0.161. The highest BCUT2D eigenvalue weighted by Gasteiger charge is 2.13. The summed E-state index contributed by atoms with van der Waals surface area (Å²) < 4.78 is 7.07. The highest BCUT2D eigenvalue weighted by Crippen LogP contribution is 2.24. The van der Waals surface area contributed by atoms with Crippen LogP contribution in [0.1, 0.15) is 35.6 Å². The molecule has 7 nitrogen and oxygen atoms in total. The number of rotatable bonds is 9. The van der Waals surface area contributed by atoms with E-state index in [9.17, 15) is 9.59 Å². The number of carbonyl (C=O) groups excluding carboxylic acids is 2. The van der Waals surface area contributed by atoms with Crippen molar-refractivity contribution in [2.75, 3.05) is 11.1 Å². The van der Waals surface area contributed by atoms with E-state index in [-0.39, 0.29) is 23.7 Å². The highest BCUT2D eigenvalue weighted by atomic mass is 32.2. The van der Waals surface area contributed by atoms with Crippen LogP contribution in [0.15, 0.2) is 58.6 Å². The molecule has 0 radical (unpaired) electrons. The molecule has 0 atom stereocenters. The third-order valence-electron chi connectivity index (χ3n) is 4.39. The van der Waals surface area contributed by atoms with Gasteiger partial charge in [-0.2, -0.15) is 0 Å². The van der Waals surface area contributed by atoms with Gasteiger partial charge in [0.25, 0.3) is 0 Å². The van der Waals surface area contributed by atoms with Crippen molar-refractivity contribution in [2.45, 2.75) is 42.7 Å². The molecule has 1 aromatic heterocycles. The first kappa shape index (κ1) is 23.9. The molecular weight excluding hydrogens is 444 g/mol. The number of benzene rings is 2. The van der Waals surface area contributed by atoms with Gasteiger partial charge in [0, 0.05) is 17.6 Å². The number of hydrogen-bond acceptors (Lipinski definition) is 7. The summed E-state index contributed by atoms with van der Waals surface area (Å²) in [6.45, 7) is 5.66. The Morgan fingerprint density at radius 3 is 2.38 bits per heavy atom. The molecule has 0 aliphatic heterocycles. The lowest BCUT2D eigenvalue weighted by atomic mass is 10.2. The van der Waals surface area contributed by atoms with Crippen LogP contribution in [-0.4, -0.2) is 38.5 Å². The number of hydrogen-bond donors (Lipinski definition) is 1. The van der Waals surface area contributed by atoms with Gasteiger partial charge in [0.2, 0.25) is 5.91 Å². The second kappa shape index (κ2) is 11.2. The first-order chi connectivity index (χ1) is 15.3. The fourth-order valence-corrected chi connectivity index (χ4v) is 4.28. The molecule has 0 fully saturated rings. The summed E-state index contributed by atoms with van der Waals surface area (Å²) in [6.07, 6.45) is -0.179. The summed E-state index contributed by atoms with van der Waals surface area (Å²) in [7, 11) is 1.90. The van der Waals surface area contributed by atoms with Gasteiger partial charge >= 0.3 is 5.97 Å². The van der Waals surface area contributed by atoms with Gasteiger partial charge in [0.1, 0.15) is 5.82 Å². The molecule has 3 aromatic rings. The van der Waals surface area contributed by atoms with Gasteiger partial charge in [-0.25, -0.2) is 4.79 Å². The Kier molecular flexibility index (Phi) is 8.35. The number of nitrogens with one attached hydrogen (secondary N) is 1. The number of carbonyl (C=O) groups is 2. The minimum atomic E-state index is -0.382. The molecule has 0 saturated carbocycles. The molecule has 0 unspecified atom stereocenters. The molecule has 1 heterocycles. The van der Waals surface area contributed by atoms with Crippen LogP contribution < -0.4 is 5.32 Å². The normalized spacial score (nSPS) is 10.9. The van der Waals surface area contributed by atoms with Crippen molar-refractivity contribution in [2.24, 2.45) is 7.05 Å². The van der Waals surface area contributed by atoms with Gasteiger partial charge in [-0.05, 0) is 57.2 Å². The number of anilines is 1. The Bertz CT molecular complexity index is 1060. The maximum atomic E-state index is 12.3. The van der Waals surface area contributed by atoms with Crippen LogP contribution in [-0.2, 0) is 22.3 Å². The fraction of sp³-hybridized carbons (Fsp3) is 0.304. The third-order valence-corrected chi connectivity index (χ3v) is 6.42. The SMILES string of the molecule is Cc1ccc(SCc2nnc(SCC(=O)Nc3ccc(C(=O)OC(C)C)cc3)n2C)cc1. The van der Waals surface area contributed by atoms with Crippen molar-refractivity contribution in [1.29, 1.82) is 0 Å². The summed E-state index contributed by atoms with van der Waals surface area (Å²) in [5.74, 6) is 1.21. The molecule has 168 valence electrons. The lowest BCUT2D eigenvalue weighted by Crippen LogP contribution is -2.15. The number of aromatic nitrogens is 3. The molecular formula is C23H26N4O3S2. The summed E-state index contributed by atoms with van der Waals surface area (Å²) in [6, 6.07) is 15.0. The number of ether oxygens (including phenoxy) is 1. The second-order valence-electron chi connectivity index (χ2n) is 7.43. The maximum absolute atomic E-state index is 12.3. The van der Waals surface area contributed by atoms with E-state index in [0.29, 0.717) is 22.2 Å². The Hall–Kier alpha value is -2.78. The summed E-state index contributed by atoms with van der Waals surface area (Å²) in [5, 5.41) is 12.0. The zero-order valence-corrected chi connectivity index (χ0v) is 20.1. The zero-order valence-electron chi connectivity index (χ0n) is 18.5. The van der Waals surface area contributed by atoms with Crippen molar-refractivity contribution in [3.8, 4) is 0 Å². The van der Waals surface area contributed by atoms with E-state index in [0.717, 1.165) is 5.82 Å². The van der Waals surface area contributed by atoms with Crippen LogP contribution in [0.25, 0.3) is 0 Å². The van der Waals surface area contributed by atoms with Crippen LogP contribution in [0.2, 0.25) is 0 Å². The van der Waals surface area contributed by atoms with Crippen molar-refractivity contribution in [3.05, 3.63) is 65.5 Å². The summed E-state index contributed by atoms with van der Waals surface area (Å²) >= 11 is 3.02. The Balaban J connectivity index is 1.48. The predicted octanol–water partition coefficient (Wildman–Crippen LogP) is 4.71. The molecule has 2 aromatic carbocycles. The molecule has 32 heavy (non-hydrogen) atoms. The molecule has 1 N–H and O–H groups in total. The number of thioether (sulfide) groups is 2. The molecule has 0 saturated heterocycles. The van der Waals surface area contributed by atoms with Crippen LogP contribution in [0.4, 0.5) is 5.69 Å². The van der Waals surface area contributed by atoms with Crippen molar-refractivity contribution in [3.63, 3.8) is 0 Å². The number of esters is 1. The first-order valence-electron chi connectivity index (χ1n) is 10.1. The van der Waals surface area contributed by atoms with Gasteiger partial charge in [-0.1, -0.05) is 29.5 Å². The molecule has 1 amide bonds. The topological polar surface area (TPSA) is 86.1 Å². The van der Waals surface area contributed by atoms with Gasteiger partial charge < -0.3 is 14.6 Å². The average Bonchev–Trinajstić information content (AvgIpc) is 3.11. The first-order valence-corrected chi connectivity index (χ1v) is 12.1. The van der Waals surface area contributed by atoms with E-state index in [4.69, 9.17) is 4.74 Å². The lowest BCUT2D eigenvalue weighted by molar-refractivity contribution is -0.113. The fourth-order valence-electron chi connectivity index (χ4n) is 2.68. The molecule has 0 bridgehead atoms. The van der Waals surface area contributed by atoms with Crippen molar-refractivity contribution >= 4 is 41.1 Å². The molecule has 3 rings (SSSR count). The zero-order chi connectivity index (χ0) is 23.1. The largest absolute Gasteiger partial charge is 0.459 e. The van der Waals surface area contributed by atoms with Crippen LogP contribution in [0.5, 0.6) is 0 Å². The van der Waals surface area contributed by atoms with E-state index in [1.165, 1.54) is 22.2 Å². The monoisotopic (exact) mass is 470 g/mol. The van der Waals surface area contributed by atoms with E-state index in [1.54, 1.807) is 49.9 Å². The molecule has 9 heteroatoms. The van der Waals surface area contributed by atoms with Gasteiger partial charge in [-0.3, -0.25) is 4.79 Å². The van der Waals surface area contributed by atoms with E-state index in [1.807, 2.05) is 11.6 Å². The molecule has 0 spiro atoms. The predicted molar refractivity (Wildman–Crippen MR) is 128 cm³/mol. The van der Waals surface area contributed by atoms with E-state index < -0.39 is 0 Å². The Labute approximate surface area is 196 Å².